The Hall–Kier alpha value is -4.29. The van der Waals surface area contributed by atoms with Crippen LogP contribution in [0.3, 0.4) is 0 Å². The third-order valence-electron chi connectivity index (χ3n) is 8.00. The Balaban J connectivity index is 1.45. The second kappa shape index (κ2) is 14.1. The highest BCUT2D eigenvalue weighted by Crippen LogP contribution is 2.34. The highest BCUT2D eigenvalue weighted by atomic mass is 16.3. The van der Waals surface area contributed by atoms with Crippen molar-refractivity contribution in [3.05, 3.63) is 120 Å². The molecule has 0 aliphatic rings. The fourth-order valence-corrected chi connectivity index (χ4v) is 5.98. The Kier molecular flexibility index (Phi) is 9.78. The number of carbonyl (C=O) groups is 1. The second-order valence-corrected chi connectivity index (χ2v) is 10.9. The van der Waals surface area contributed by atoms with Gasteiger partial charge in [0.25, 0.3) is 0 Å². The van der Waals surface area contributed by atoms with Crippen molar-refractivity contribution in [1.29, 1.82) is 0 Å². The van der Waals surface area contributed by atoms with E-state index >= 15 is 0 Å². The lowest BCUT2D eigenvalue weighted by Gasteiger charge is -2.29. The lowest BCUT2D eigenvalue weighted by Crippen LogP contribution is -2.37. The molecule has 2 atom stereocenters. The summed E-state index contributed by atoms with van der Waals surface area (Å²) in [5.41, 5.74) is 5.86. The average Bonchev–Trinajstić information content (AvgIpc) is 3.40. The van der Waals surface area contributed by atoms with Crippen molar-refractivity contribution < 1.29 is 9.90 Å². The number of rotatable bonds is 13. The Morgan fingerprint density at radius 2 is 1.52 bits per heavy atom. The number of amides is 1. The van der Waals surface area contributed by atoms with Gasteiger partial charge in [-0.1, -0.05) is 99.5 Å². The van der Waals surface area contributed by atoms with Gasteiger partial charge >= 0.3 is 0 Å². The summed E-state index contributed by atoms with van der Waals surface area (Å²) in [6, 6.07) is 31.7. The van der Waals surface area contributed by atoms with Crippen molar-refractivity contribution in [2.45, 2.75) is 58.0 Å². The van der Waals surface area contributed by atoms with Crippen LogP contribution >= 0.6 is 0 Å². The molecule has 5 rings (SSSR count). The van der Waals surface area contributed by atoms with Crippen LogP contribution in [0.1, 0.15) is 68.2 Å². The first kappa shape index (κ1) is 29.2. The number of pyridine rings is 1. The van der Waals surface area contributed by atoms with Gasteiger partial charge in [0.15, 0.2) is 5.82 Å². The maximum atomic E-state index is 13.9. The van der Waals surface area contributed by atoms with Crippen LogP contribution in [-0.4, -0.2) is 32.2 Å². The number of fused-ring (bicyclic) bond motifs is 1. The minimum Gasteiger partial charge on any atom is -0.394 e. The summed E-state index contributed by atoms with van der Waals surface area (Å²) in [7, 11) is 0. The van der Waals surface area contributed by atoms with Gasteiger partial charge in [0.05, 0.1) is 29.6 Å². The van der Waals surface area contributed by atoms with Crippen LogP contribution in [0.4, 0.5) is 0 Å². The summed E-state index contributed by atoms with van der Waals surface area (Å²) in [5, 5.41) is 13.3. The number of nitrogens with zero attached hydrogens (tertiary/aromatic N) is 3. The molecule has 6 heteroatoms. The summed E-state index contributed by atoms with van der Waals surface area (Å²) >= 11 is 0. The van der Waals surface area contributed by atoms with Crippen molar-refractivity contribution in [3.8, 4) is 11.5 Å². The molecule has 0 spiro atoms. The van der Waals surface area contributed by atoms with Gasteiger partial charge in [-0.05, 0) is 59.7 Å². The molecule has 2 aromatic heterocycles. The van der Waals surface area contributed by atoms with Gasteiger partial charge < -0.3 is 15.0 Å². The molecule has 0 saturated carbocycles. The third kappa shape index (κ3) is 6.60. The molecule has 2 N–H and O–H groups in total. The fraction of sp³-hybridized carbons (Fsp3) is 0.306. The Labute approximate surface area is 248 Å². The third-order valence-corrected chi connectivity index (χ3v) is 8.00. The number of para-hydroxylation sites is 2. The molecule has 1 unspecified atom stereocenters. The molecule has 6 nitrogen and oxygen atoms in total. The number of hydrogen-bond donors (Lipinski definition) is 2. The molecule has 42 heavy (non-hydrogen) atoms. The molecular weight excluding hydrogens is 520 g/mol. The van der Waals surface area contributed by atoms with E-state index in [0.717, 1.165) is 64.9 Å². The zero-order chi connectivity index (χ0) is 29.3. The number of hydrogen-bond acceptors (Lipinski definition) is 4. The molecule has 216 valence electrons. The van der Waals surface area contributed by atoms with Gasteiger partial charge in [0, 0.05) is 12.7 Å². The normalized spacial score (nSPS) is 12.9. The Morgan fingerprint density at radius 1 is 0.833 bits per heavy atom. The monoisotopic (exact) mass is 560 g/mol. The number of aromatic nitrogens is 3. The smallest absolute Gasteiger partial charge is 0.228 e. The Bertz CT molecular complexity index is 1560. The van der Waals surface area contributed by atoms with E-state index in [1.54, 1.807) is 6.20 Å². The number of aliphatic hydroxyl groups excluding tert-OH is 1. The molecular formula is C36H40N4O2. The molecule has 1 amide bonds. The molecule has 5 aromatic rings. The summed E-state index contributed by atoms with van der Waals surface area (Å²) in [5.74, 6) is 0.722. The zero-order valence-corrected chi connectivity index (χ0v) is 24.5. The second-order valence-electron chi connectivity index (χ2n) is 10.9. The predicted molar refractivity (Wildman–Crippen MR) is 169 cm³/mol. The number of carbonyl (C=O) groups excluding carboxylic acids is 1. The first-order valence-corrected chi connectivity index (χ1v) is 15.0. The molecule has 0 aliphatic heterocycles. The predicted octanol–water partition coefficient (Wildman–Crippen LogP) is 7.30. The molecule has 0 radical (unpaired) electrons. The number of aliphatic hydroxyl groups is 1. The van der Waals surface area contributed by atoms with Crippen molar-refractivity contribution in [2.24, 2.45) is 5.92 Å². The Morgan fingerprint density at radius 3 is 2.19 bits per heavy atom. The topological polar surface area (TPSA) is 80.0 Å². The van der Waals surface area contributed by atoms with Gasteiger partial charge in [-0.15, -0.1) is 0 Å². The van der Waals surface area contributed by atoms with Gasteiger partial charge in [-0.25, -0.2) is 4.98 Å². The fourth-order valence-electron chi connectivity index (χ4n) is 5.98. The first-order valence-electron chi connectivity index (χ1n) is 15.0. The number of imidazole rings is 1. The van der Waals surface area contributed by atoms with E-state index in [-0.39, 0.29) is 24.3 Å². The van der Waals surface area contributed by atoms with Crippen LogP contribution in [0.15, 0.2) is 103 Å². The SMILES string of the molecule is CCCC(CCC)C(C(=O)N[C@@H](CO)c1ccccc1)c1ccc(Cn2c(-c3ccccn3)nc3ccccc32)cc1. The highest BCUT2D eigenvalue weighted by Gasteiger charge is 2.30. The van der Waals surface area contributed by atoms with Gasteiger partial charge in [0.1, 0.15) is 5.69 Å². The molecule has 2 heterocycles. The average molecular weight is 561 g/mol. The maximum Gasteiger partial charge on any atom is 0.228 e. The van der Waals surface area contributed by atoms with Crippen molar-refractivity contribution in [2.75, 3.05) is 6.61 Å². The molecule has 0 bridgehead atoms. The minimum atomic E-state index is -0.441. The maximum absolute atomic E-state index is 13.9. The summed E-state index contributed by atoms with van der Waals surface area (Å²) in [4.78, 5) is 23.4. The number of nitrogens with one attached hydrogen (secondary N) is 1. The first-order chi connectivity index (χ1) is 20.6. The lowest BCUT2D eigenvalue weighted by atomic mass is 9.79. The van der Waals surface area contributed by atoms with E-state index in [4.69, 9.17) is 4.98 Å². The summed E-state index contributed by atoms with van der Waals surface area (Å²) < 4.78 is 2.21. The molecule has 3 aromatic carbocycles. The van der Waals surface area contributed by atoms with Crippen LogP contribution in [0.25, 0.3) is 22.6 Å². The summed E-state index contributed by atoms with van der Waals surface area (Å²) in [6.45, 7) is 4.84. The van der Waals surface area contributed by atoms with Crippen molar-refractivity contribution in [3.63, 3.8) is 0 Å². The van der Waals surface area contributed by atoms with E-state index < -0.39 is 6.04 Å². The van der Waals surface area contributed by atoms with Crippen molar-refractivity contribution >= 4 is 16.9 Å². The van der Waals surface area contributed by atoms with E-state index in [1.807, 2.05) is 66.7 Å². The summed E-state index contributed by atoms with van der Waals surface area (Å²) in [6.07, 6.45) is 5.76. The largest absolute Gasteiger partial charge is 0.394 e. The zero-order valence-electron chi connectivity index (χ0n) is 24.5. The van der Waals surface area contributed by atoms with Crippen LogP contribution in [0.2, 0.25) is 0 Å². The van der Waals surface area contributed by atoms with Gasteiger partial charge in [-0.2, -0.15) is 0 Å². The van der Waals surface area contributed by atoms with E-state index in [1.165, 1.54) is 0 Å². The lowest BCUT2D eigenvalue weighted by molar-refractivity contribution is -0.125. The minimum absolute atomic E-state index is 0.0319. The van der Waals surface area contributed by atoms with Crippen molar-refractivity contribution in [1.82, 2.24) is 19.9 Å². The standard InChI is InChI=1S/C36H40N4O2/c1-3-12-28(13-4-2)34(36(42)39-32(25-41)27-14-6-5-7-15-27)29-21-19-26(20-22-29)24-40-33-18-9-8-16-30(33)38-35(40)31-17-10-11-23-37-31/h5-11,14-23,28,32,34,41H,3-4,12-13,24-25H2,1-2H3,(H,39,42)/t32-,34?/m0/s1. The molecule has 0 saturated heterocycles. The van der Waals surface area contributed by atoms with Crippen LogP contribution in [0, 0.1) is 5.92 Å². The van der Waals surface area contributed by atoms with E-state index in [9.17, 15) is 9.90 Å². The van der Waals surface area contributed by atoms with E-state index in [2.05, 4.69) is 59.0 Å². The molecule has 0 fully saturated rings. The quantitative estimate of drug-likeness (QED) is 0.158. The molecule has 0 aliphatic carbocycles. The number of benzene rings is 3. The van der Waals surface area contributed by atoms with E-state index in [0.29, 0.717) is 6.54 Å². The van der Waals surface area contributed by atoms with Crippen LogP contribution in [-0.2, 0) is 11.3 Å². The highest BCUT2D eigenvalue weighted by molar-refractivity contribution is 5.84. The van der Waals surface area contributed by atoms with Crippen LogP contribution in [0.5, 0.6) is 0 Å². The van der Waals surface area contributed by atoms with Gasteiger partial charge in [-0.3, -0.25) is 9.78 Å². The van der Waals surface area contributed by atoms with Gasteiger partial charge in [0.2, 0.25) is 5.91 Å². The van der Waals surface area contributed by atoms with Crippen LogP contribution < -0.4 is 5.32 Å².